The number of thiazole rings is 1. The summed E-state index contributed by atoms with van der Waals surface area (Å²) in [6, 6.07) is 4.93. The first-order valence-electron chi connectivity index (χ1n) is 5.77. The number of aromatic amines is 1. The molecule has 0 radical (unpaired) electrons. The number of rotatable bonds is 4. The van der Waals surface area contributed by atoms with Crippen LogP contribution < -0.4 is 10.5 Å². The summed E-state index contributed by atoms with van der Waals surface area (Å²) in [7, 11) is 0. The zero-order chi connectivity index (χ0) is 13.2. The number of fused-ring (bicyclic) bond motifs is 1. The van der Waals surface area contributed by atoms with E-state index in [0.29, 0.717) is 6.54 Å². The molecule has 0 saturated carbocycles. The molecule has 1 aromatic carbocycles. The van der Waals surface area contributed by atoms with Crippen molar-refractivity contribution < 1.29 is 9.13 Å². The fraction of sp³-hybridized carbons (Fsp3) is 0.154. The van der Waals surface area contributed by atoms with Crippen LogP contribution >= 0.6 is 11.3 Å². The summed E-state index contributed by atoms with van der Waals surface area (Å²) in [5.41, 5.74) is 9.74. The molecule has 0 saturated heterocycles. The molecule has 0 spiro atoms. The number of nitrogens with one attached hydrogen (secondary N) is 1. The zero-order valence-electron chi connectivity index (χ0n) is 10.0. The van der Waals surface area contributed by atoms with E-state index in [1.54, 1.807) is 11.6 Å². The van der Waals surface area contributed by atoms with Crippen LogP contribution in [0, 0.1) is 5.82 Å². The highest BCUT2D eigenvalue weighted by Gasteiger charge is 2.09. The van der Waals surface area contributed by atoms with Crippen molar-refractivity contribution in [3.05, 3.63) is 46.3 Å². The summed E-state index contributed by atoms with van der Waals surface area (Å²) < 4.78 is 19.3. The van der Waals surface area contributed by atoms with Crippen molar-refractivity contribution >= 4 is 22.2 Å². The van der Waals surface area contributed by atoms with Gasteiger partial charge in [0.05, 0.1) is 11.2 Å². The smallest absolute Gasteiger partial charge is 0.165 e. The summed E-state index contributed by atoms with van der Waals surface area (Å²) in [5.74, 6) is -0.170. The average molecular weight is 277 g/mol. The summed E-state index contributed by atoms with van der Waals surface area (Å²) >= 11 is 1.48. The summed E-state index contributed by atoms with van der Waals surface area (Å²) in [6.45, 7) is 0.654. The van der Waals surface area contributed by atoms with Gasteiger partial charge in [-0.2, -0.15) is 0 Å². The molecule has 2 aromatic heterocycles. The Bertz CT molecular complexity index is 693. The molecule has 98 valence electrons. The molecule has 3 N–H and O–H groups in total. The summed E-state index contributed by atoms with van der Waals surface area (Å²) in [5, 5.41) is 2.66. The minimum absolute atomic E-state index is 0.214. The van der Waals surface area contributed by atoms with E-state index in [2.05, 4.69) is 9.97 Å². The molecule has 0 aliphatic heterocycles. The fourth-order valence-electron chi connectivity index (χ4n) is 1.87. The number of halogens is 1. The SMILES string of the molecule is NCc1cc2cc(F)c(OCc3cscn3)cc2[nH]1. The van der Waals surface area contributed by atoms with Crippen LogP contribution in [0.5, 0.6) is 5.75 Å². The van der Waals surface area contributed by atoms with E-state index in [-0.39, 0.29) is 18.2 Å². The van der Waals surface area contributed by atoms with Crippen molar-refractivity contribution in [1.29, 1.82) is 0 Å². The fourth-order valence-corrected chi connectivity index (χ4v) is 2.42. The Hall–Kier alpha value is -1.92. The number of aromatic nitrogens is 2. The Morgan fingerprint density at radius 2 is 2.26 bits per heavy atom. The van der Waals surface area contributed by atoms with E-state index < -0.39 is 0 Å². The van der Waals surface area contributed by atoms with Gasteiger partial charge in [0.25, 0.3) is 0 Å². The van der Waals surface area contributed by atoms with Crippen molar-refractivity contribution in [2.75, 3.05) is 0 Å². The van der Waals surface area contributed by atoms with Gasteiger partial charge in [0.1, 0.15) is 6.61 Å². The third-order valence-electron chi connectivity index (χ3n) is 2.81. The number of nitrogens with two attached hydrogens (primary N) is 1. The molecule has 19 heavy (non-hydrogen) atoms. The molecule has 0 aliphatic rings. The molecule has 0 atom stereocenters. The van der Waals surface area contributed by atoms with Gasteiger partial charge in [-0.3, -0.25) is 0 Å². The van der Waals surface area contributed by atoms with E-state index in [1.165, 1.54) is 17.4 Å². The quantitative estimate of drug-likeness (QED) is 0.770. The van der Waals surface area contributed by atoms with Crippen LogP contribution in [-0.4, -0.2) is 9.97 Å². The van der Waals surface area contributed by atoms with Gasteiger partial charge in [-0.1, -0.05) is 0 Å². The van der Waals surface area contributed by atoms with Gasteiger partial charge >= 0.3 is 0 Å². The van der Waals surface area contributed by atoms with Crippen molar-refractivity contribution in [1.82, 2.24) is 9.97 Å². The van der Waals surface area contributed by atoms with Crippen LogP contribution in [-0.2, 0) is 13.2 Å². The lowest BCUT2D eigenvalue weighted by Crippen LogP contribution is -1.97. The minimum atomic E-state index is -0.384. The molecule has 0 bridgehead atoms. The first-order valence-corrected chi connectivity index (χ1v) is 6.71. The van der Waals surface area contributed by atoms with Crippen LogP contribution in [0.15, 0.2) is 29.1 Å². The lowest BCUT2D eigenvalue weighted by molar-refractivity contribution is 0.287. The predicted molar refractivity (Wildman–Crippen MR) is 72.6 cm³/mol. The van der Waals surface area contributed by atoms with Crippen molar-refractivity contribution in [2.24, 2.45) is 5.73 Å². The topological polar surface area (TPSA) is 63.9 Å². The van der Waals surface area contributed by atoms with E-state index in [9.17, 15) is 4.39 Å². The van der Waals surface area contributed by atoms with Crippen molar-refractivity contribution in [3.63, 3.8) is 0 Å². The highest BCUT2D eigenvalue weighted by molar-refractivity contribution is 7.07. The molecule has 3 aromatic rings. The second-order valence-electron chi connectivity index (χ2n) is 4.14. The lowest BCUT2D eigenvalue weighted by atomic mass is 10.2. The number of nitrogens with zero attached hydrogens (tertiary/aromatic N) is 1. The monoisotopic (exact) mass is 277 g/mol. The third kappa shape index (κ3) is 2.45. The van der Waals surface area contributed by atoms with Crippen LogP contribution in [0.25, 0.3) is 10.9 Å². The van der Waals surface area contributed by atoms with E-state index >= 15 is 0 Å². The third-order valence-corrected chi connectivity index (χ3v) is 3.44. The molecule has 4 nitrogen and oxygen atoms in total. The standard InChI is InChI=1S/C13H12FN3OS/c14-11-2-8-1-9(4-15)17-12(8)3-13(11)18-5-10-6-19-7-16-10/h1-3,6-7,17H,4-5,15H2. The first kappa shape index (κ1) is 12.1. The zero-order valence-corrected chi connectivity index (χ0v) is 10.8. The second-order valence-corrected chi connectivity index (χ2v) is 4.86. The van der Waals surface area contributed by atoms with Crippen molar-refractivity contribution in [3.8, 4) is 5.75 Å². The summed E-state index contributed by atoms with van der Waals surface area (Å²) in [4.78, 5) is 7.21. The Morgan fingerprint density at radius 1 is 1.37 bits per heavy atom. The first-order chi connectivity index (χ1) is 9.26. The molecular formula is C13H12FN3OS. The lowest BCUT2D eigenvalue weighted by Gasteiger charge is -2.05. The second kappa shape index (κ2) is 4.99. The number of H-pyrrole nitrogens is 1. The van der Waals surface area contributed by atoms with E-state index in [1.807, 2.05) is 11.4 Å². The maximum absolute atomic E-state index is 13.9. The van der Waals surface area contributed by atoms with Crippen molar-refractivity contribution in [2.45, 2.75) is 13.2 Å². The van der Waals surface area contributed by atoms with Crippen LogP contribution in [0.2, 0.25) is 0 Å². The number of benzene rings is 1. The maximum atomic E-state index is 13.9. The Labute approximate surface area is 113 Å². The van der Waals surface area contributed by atoms with Gasteiger partial charge in [0.2, 0.25) is 0 Å². The minimum Gasteiger partial charge on any atom is -0.484 e. The van der Waals surface area contributed by atoms with E-state index in [4.69, 9.17) is 10.5 Å². The maximum Gasteiger partial charge on any atom is 0.165 e. The number of ether oxygens (including phenoxy) is 1. The molecule has 3 rings (SSSR count). The molecule has 0 fully saturated rings. The number of hydrogen-bond acceptors (Lipinski definition) is 4. The largest absolute Gasteiger partial charge is 0.484 e. The Kier molecular flexibility index (Phi) is 3.18. The normalized spacial score (nSPS) is 11.1. The van der Waals surface area contributed by atoms with Gasteiger partial charge in [0.15, 0.2) is 11.6 Å². The average Bonchev–Trinajstić information content (AvgIpc) is 3.04. The molecule has 2 heterocycles. The molecular weight excluding hydrogens is 265 g/mol. The van der Waals surface area contributed by atoms with Gasteiger partial charge in [0, 0.05) is 34.6 Å². The Balaban J connectivity index is 1.88. The van der Waals surface area contributed by atoms with Gasteiger partial charge < -0.3 is 15.5 Å². The highest BCUT2D eigenvalue weighted by atomic mass is 32.1. The van der Waals surface area contributed by atoms with Crippen LogP contribution in [0.4, 0.5) is 4.39 Å². The molecule has 0 unspecified atom stereocenters. The van der Waals surface area contributed by atoms with Gasteiger partial charge in [-0.05, 0) is 12.1 Å². The van der Waals surface area contributed by atoms with Crippen LogP contribution in [0.1, 0.15) is 11.4 Å². The highest BCUT2D eigenvalue weighted by Crippen LogP contribution is 2.26. The van der Waals surface area contributed by atoms with Gasteiger partial charge in [-0.15, -0.1) is 11.3 Å². The number of hydrogen-bond donors (Lipinski definition) is 2. The molecule has 0 amide bonds. The van der Waals surface area contributed by atoms with E-state index in [0.717, 1.165) is 22.3 Å². The molecule has 6 heteroatoms. The summed E-state index contributed by atoms with van der Waals surface area (Å²) in [6.07, 6.45) is 0. The van der Waals surface area contributed by atoms with Gasteiger partial charge in [-0.25, -0.2) is 9.37 Å². The molecule has 0 aliphatic carbocycles. The Morgan fingerprint density at radius 3 is 3.00 bits per heavy atom. The van der Waals surface area contributed by atoms with Crippen LogP contribution in [0.3, 0.4) is 0 Å². The predicted octanol–water partition coefficient (Wildman–Crippen LogP) is 2.80.